The Kier molecular flexibility index (Phi) is 6.48. The first-order valence-corrected chi connectivity index (χ1v) is 6.40. The molecule has 1 aliphatic heterocycles. The minimum absolute atomic E-state index is 0.565. The van der Waals surface area contributed by atoms with Crippen molar-refractivity contribution >= 4 is 25.3 Å². The Labute approximate surface area is 98.1 Å². The molecule has 0 saturated carbocycles. The van der Waals surface area contributed by atoms with Gasteiger partial charge in [0, 0.05) is 6.04 Å². The van der Waals surface area contributed by atoms with Gasteiger partial charge in [-0.2, -0.15) is 12.6 Å². The molecular formula is C11H21N3S. The molecule has 3 nitrogen and oxygen atoms in total. The van der Waals surface area contributed by atoms with Crippen LogP contribution in [0.15, 0.2) is 9.98 Å². The average Bonchev–Trinajstić information content (AvgIpc) is 2.29. The molecule has 1 unspecified atom stereocenters. The molecule has 0 spiro atoms. The van der Waals surface area contributed by atoms with Gasteiger partial charge in [0.1, 0.15) is 13.0 Å². The van der Waals surface area contributed by atoms with Crippen LogP contribution in [0.25, 0.3) is 0 Å². The molecule has 0 amide bonds. The maximum atomic E-state index is 4.31. The van der Waals surface area contributed by atoms with Crippen LogP contribution in [0.5, 0.6) is 0 Å². The first-order valence-electron chi connectivity index (χ1n) is 5.76. The van der Waals surface area contributed by atoms with Crippen LogP contribution in [0.3, 0.4) is 0 Å². The first kappa shape index (κ1) is 12.6. The fourth-order valence-electron chi connectivity index (χ4n) is 1.79. The molecule has 4 heteroatoms. The van der Waals surface area contributed by atoms with Crippen molar-refractivity contribution in [3.63, 3.8) is 0 Å². The third-order valence-corrected chi connectivity index (χ3v) is 2.94. The molecule has 0 radical (unpaired) electrons. The van der Waals surface area contributed by atoms with Gasteiger partial charge < -0.3 is 4.90 Å². The van der Waals surface area contributed by atoms with Gasteiger partial charge in [-0.25, -0.2) is 4.99 Å². The monoisotopic (exact) mass is 227 g/mol. The van der Waals surface area contributed by atoms with E-state index >= 15 is 0 Å². The summed E-state index contributed by atoms with van der Waals surface area (Å²) in [6.07, 6.45) is 9.78. The Morgan fingerprint density at radius 2 is 2.27 bits per heavy atom. The molecule has 1 heterocycles. The molecular weight excluding hydrogens is 206 g/mol. The van der Waals surface area contributed by atoms with Crippen molar-refractivity contribution in [1.29, 1.82) is 0 Å². The molecule has 0 saturated heterocycles. The minimum atomic E-state index is 0.565. The normalized spacial score (nSPS) is 17.1. The molecule has 0 N–H and O–H groups in total. The Bertz CT molecular complexity index is 216. The van der Waals surface area contributed by atoms with Gasteiger partial charge in [0.25, 0.3) is 0 Å². The van der Waals surface area contributed by atoms with E-state index in [-0.39, 0.29) is 0 Å². The van der Waals surface area contributed by atoms with E-state index in [4.69, 9.17) is 0 Å². The van der Waals surface area contributed by atoms with E-state index in [1.807, 2.05) is 6.34 Å². The highest BCUT2D eigenvalue weighted by molar-refractivity contribution is 7.80. The topological polar surface area (TPSA) is 28.0 Å². The summed E-state index contributed by atoms with van der Waals surface area (Å²) in [5.74, 6) is 0.935. The second-order valence-corrected chi connectivity index (χ2v) is 4.33. The van der Waals surface area contributed by atoms with Crippen LogP contribution in [-0.2, 0) is 0 Å². The van der Waals surface area contributed by atoms with Gasteiger partial charge in [0.15, 0.2) is 0 Å². The largest absolute Gasteiger partial charge is 0.340 e. The number of nitrogens with zero attached hydrogens (tertiary/aromatic N) is 3. The third kappa shape index (κ3) is 4.69. The standard InChI is InChI=1S/C11H21N3S/c1-2-3-4-5-11(6-7-15)14-9-12-8-13-10-14/h8-9,11,15H,2-7,10H2,1H3. The number of hydrogen-bond donors (Lipinski definition) is 1. The fraction of sp³-hybridized carbons (Fsp3) is 0.818. The Morgan fingerprint density at radius 1 is 1.40 bits per heavy atom. The van der Waals surface area contributed by atoms with E-state index in [2.05, 4.69) is 34.4 Å². The molecule has 0 aromatic rings. The van der Waals surface area contributed by atoms with Gasteiger partial charge in [-0.05, 0) is 18.6 Å². The zero-order valence-electron chi connectivity index (χ0n) is 9.47. The second kappa shape index (κ2) is 7.74. The summed E-state index contributed by atoms with van der Waals surface area (Å²) in [6, 6.07) is 0.565. The summed E-state index contributed by atoms with van der Waals surface area (Å²) in [5.41, 5.74) is 0. The minimum Gasteiger partial charge on any atom is -0.340 e. The zero-order chi connectivity index (χ0) is 10.9. The van der Waals surface area contributed by atoms with Crippen LogP contribution < -0.4 is 0 Å². The second-order valence-electron chi connectivity index (χ2n) is 3.88. The molecule has 1 rings (SSSR count). The molecule has 0 bridgehead atoms. The van der Waals surface area contributed by atoms with Crippen molar-refractivity contribution < 1.29 is 0 Å². The predicted octanol–water partition coefficient (Wildman–Crippen LogP) is 2.58. The van der Waals surface area contributed by atoms with E-state index in [0.29, 0.717) is 6.04 Å². The summed E-state index contributed by atoms with van der Waals surface area (Å²) in [5, 5.41) is 0. The zero-order valence-corrected chi connectivity index (χ0v) is 10.4. The summed E-state index contributed by atoms with van der Waals surface area (Å²) >= 11 is 4.31. The van der Waals surface area contributed by atoms with Crippen molar-refractivity contribution in [2.24, 2.45) is 9.98 Å². The molecule has 0 aromatic heterocycles. The highest BCUT2D eigenvalue weighted by Gasteiger charge is 2.15. The summed E-state index contributed by atoms with van der Waals surface area (Å²) in [7, 11) is 0. The Hall–Kier alpha value is -0.510. The van der Waals surface area contributed by atoms with Crippen LogP contribution in [0, 0.1) is 0 Å². The number of aliphatic imine (C=N–C) groups is 2. The average molecular weight is 227 g/mol. The van der Waals surface area contributed by atoms with Gasteiger partial charge in [-0.3, -0.25) is 4.99 Å². The summed E-state index contributed by atoms with van der Waals surface area (Å²) < 4.78 is 0. The van der Waals surface area contributed by atoms with Crippen LogP contribution >= 0.6 is 12.6 Å². The van der Waals surface area contributed by atoms with Crippen LogP contribution in [0.2, 0.25) is 0 Å². The predicted molar refractivity (Wildman–Crippen MR) is 70.1 cm³/mol. The molecule has 1 atom stereocenters. The number of thiol groups is 1. The maximum absolute atomic E-state index is 4.31. The summed E-state index contributed by atoms with van der Waals surface area (Å²) in [4.78, 5) is 10.5. The van der Waals surface area contributed by atoms with E-state index in [1.165, 1.54) is 25.7 Å². The molecule has 15 heavy (non-hydrogen) atoms. The van der Waals surface area contributed by atoms with Crippen LogP contribution in [0.4, 0.5) is 0 Å². The molecule has 1 aliphatic rings. The molecule has 0 fully saturated rings. The van der Waals surface area contributed by atoms with Gasteiger partial charge in [-0.15, -0.1) is 0 Å². The van der Waals surface area contributed by atoms with Crippen molar-refractivity contribution in [2.45, 2.75) is 45.1 Å². The van der Waals surface area contributed by atoms with Crippen molar-refractivity contribution in [1.82, 2.24) is 4.90 Å². The quantitative estimate of drug-likeness (QED) is 0.525. The Morgan fingerprint density at radius 3 is 2.87 bits per heavy atom. The lowest BCUT2D eigenvalue weighted by molar-refractivity contribution is 0.295. The number of unbranched alkanes of at least 4 members (excludes halogenated alkanes) is 2. The van der Waals surface area contributed by atoms with Gasteiger partial charge in [0.05, 0.1) is 6.34 Å². The van der Waals surface area contributed by atoms with Crippen molar-refractivity contribution in [2.75, 3.05) is 12.4 Å². The lowest BCUT2D eigenvalue weighted by Crippen LogP contribution is -2.36. The lowest BCUT2D eigenvalue weighted by Gasteiger charge is -2.29. The maximum Gasteiger partial charge on any atom is 0.113 e. The van der Waals surface area contributed by atoms with Gasteiger partial charge in [-0.1, -0.05) is 26.2 Å². The first-order chi connectivity index (χ1) is 7.38. The number of rotatable bonds is 7. The smallest absolute Gasteiger partial charge is 0.113 e. The van der Waals surface area contributed by atoms with E-state index in [1.54, 1.807) is 6.34 Å². The molecule has 86 valence electrons. The third-order valence-electron chi connectivity index (χ3n) is 2.68. The fourth-order valence-corrected chi connectivity index (χ4v) is 2.09. The highest BCUT2D eigenvalue weighted by atomic mass is 32.1. The highest BCUT2D eigenvalue weighted by Crippen LogP contribution is 2.14. The van der Waals surface area contributed by atoms with Gasteiger partial charge >= 0.3 is 0 Å². The van der Waals surface area contributed by atoms with E-state index in [9.17, 15) is 0 Å². The van der Waals surface area contributed by atoms with E-state index < -0.39 is 0 Å². The molecule has 0 aromatic carbocycles. The summed E-state index contributed by atoms with van der Waals surface area (Å²) in [6.45, 7) is 2.99. The molecule has 0 aliphatic carbocycles. The van der Waals surface area contributed by atoms with Crippen molar-refractivity contribution in [3.8, 4) is 0 Å². The Balaban J connectivity index is 2.34. The lowest BCUT2D eigenvalue weighted by atomic mass is 10.1. The van der Waals surface area contributed by atoms with Crippen LogP contribution in [0.1, 0.15) is 39.0 Å². The van der Waals surface area contributed by atoms with Crippen LogP contribution in [-0.4, -0.2) is 36.0 Å². The van der Waals surface area contributed by atoms with Gasteiger partial charge in [0.2, 0.25) is 0 Å². The number of hydrogen-bond acceptors (Lipinski definition) is 4. The van der Waals surface area contributed by atoms with E-state index in [0.717, 1.165) is 18.8 Å². The van der Waals surface area contributed by atoms with Crippen molar-refractivity contribution in [3.05, 3.63) is 0 Å². The SMILES string of the molecule is CCCCCC(CCS)N1C=NC=NC1.